The first-order chi connectivity index (χ1) is 10.1. The highest BCUT2D eigenvalue weighted by molar-refractivity contribution is 5.93. The number of carbonyl (C=O) groups is 2. The van der Waals surface area contributed by atoms with E-state index >= 15 is 0 Å². The number of primary amides is 1. The maximum atomic E-state index is 11.6. The summed E-state index contributed by atoms with van der Waals surface area (Å²) in [4.78, 5) is 22.6. The third-order valence-corrected chi connectivity index (χ3v) is 2.57. The normalized spacial score (nSPS) is 9.57. The van der Waals surface area contributed by atoms with E-state index in [0.29, 0.717) is 5.56 Å². The van der Waals surface area contributed by atoms with E-state index in [1.54, 1.807) is 31.3 Å². The monoisotopic (exact) mass is 283 g/mol. The smallest absolute Gasteiger partial charge is 0.274 e. The van der Waals surface area contributed by atoms with Gasteiger partial charge < -0.3 is 11.1 Å². The molecule has 21 heavy (non-hydrogen) atoms. The largest absolute Gasteiger partial charge is 0.366 e. The molecule has 0 unspecified atom stereocenters. The van der Waals surface area contributed by atoms with Crippen molar-refractivity contribution in [2.24, 2.45) is 12.8 Å². The lowest BCUT2D eigenvalue weighted by atomic mass is 10.1. The minimum absolute atomic E-state index is 0.187. The van der Waals surface area contributed by atoms with Crippen LogP contribution >= 0.6 is 0 Å². The Morgan fingerprint density at radius 2 is 2.05 bits per heavy atom. The maximum Gasteiger partial charge on any atom is 0.274 e. The first-order valence-corrected chi connectivity index (χ1v) is 6.09. The summed E-state index contributed by atoms with van der Waals surface area (Å²) < 4.78 is 1.45. The van der Waals surface area contributed by atoms with Crippen molar-refractivity contribution >= 4 is 11.8 Å². The highest BCUT2D eigenvalue weighted by Gasteiger charge is 2.07. The van der Waals surface area contributed by atoms with Gasteiger partial charge in [0.1, 0.15) is 0 Å². The Balaban J connectivity index is 1.89. The molecule has 3 N–H and O–H groups in total. The molecule has 2 aromatic rings. The zero-order chi connectivity index (χ0) is 15.2. The second-order valence-electron chi connectivity index (χ2n) is 4.20. The summed E-state index contributed by atoms with van der Waals surface area (Å²) in [5.74, 6) is 4.86. The Morgan fingerprint density at radius 1 is 1.33 bits per heavy atom. The first kappa shape index (κ1) is 14.3. The van der Waals surface area contributed by atoms with E-state index in [4.69, 9.17) is 5.73 Å². The van der Waals surface area contributed by atoms with Crippen LogP contribution in [0.25, 0.3) is 0 Å². The molecule has 1 aromatic carbocycles. The molecular formula is C14H13N5O2. The van der Waals surface area contributed by atoms with E-state index in [1.165, 1.54) is 10.9 Å². The fourth-order valence-electron chi connectivity index (χ4n) is 1.53. The van der Waals surface area contributed by atoms with E-state index in [0.717, 1.165) is 5.56 Å². The van der Waals surface area contributed by atoms with Crippen LogP contribution in [0.2, 0.25) is 0 Å². The van der Waals surface area contributed by atoms with Crippen LogP contribution in [0, 0.1) is 11.8 Å². The fourth-order valence-corrected chi connectivity index (χ4v) is 1.53. The fraction of sp³-hybridized carbons (Fsp3) is 0.143. The van der Waals surface area contributed by atoms with Gasteiger partial charge in [-0.25, -0.2) is 0 Å². The molecule has 0 spiro atoms. The summed E-state index contributed by atoms with van der Waals surface area (Å²) >= 11 is 0. The molecule has 0 aliphatic heterocycles. The summed E-state index contributed by atoms with van der Waals surface area (Å²) in [5.41, 5.74) is 6.54. The number of hydrogen-bond donors (Lipinski definition) is 2. The lowest BCUT2D eigenvalue weighted by molar-refractivity contribution is 0.0952. The van der Waals surface area contributed by atoms with Crippen LogP contribution in [0.15, 0.2) is 30.5 Å². The number of aryl methyl sites for hydroxylation is 1. The number of hydrogen-bond acceptors (Lipinski definition) is 4. The molecule has 7 nitrogen and oxygen atoms in total. The van der Waals surface area contributed by atoms with Gasteiger partial charge in [-0.2, -0.15) is 0 Å². The Kier molecular flexibility index (Phi) is 4.31. The summed E-state index contributed by atoms with van der Waals surface area (Å²) in [7, 11) is 1.68. The van der Waals surface area contributed by atoms with Crippen LogP contribution in [0.3, 0.4) is 0 Å². The van der Waals surface area contributed by atoms with Gasteiger partial charge in [0.25, 0.3) is 5.91 Å². The van der Waals surface area contributed by atoms with Crippen molar-refractivity contribution in [2.75, 3.05) is 6.54 Å². The number of amides is 2. The van der Waals surface area contributed by atoms with Crippen LogP contribution in [0.5, 0.6) is 0 Å². The van der Waals surface area contributed by atoms with Gasteiger partial charge in [-0.05, 0) is 24.3 Å². The van der Waals surface area contributed by atoms with Crippen molar-refractivity contribution in [1.29, 1.82) is 0 Å². The van der Waals surface area contributed by atoms with Crippen LogP contribution in [-0.2, 0) is 7.05 Å². The molecule has 0 fully saturated rings. The van der Waals surface area contributed by atoms with Gasteiger partial charge in [0.05, 0.1) is 12.7 Å². The average molecular weight is 283 g/mol. The van der Waals surface area contributed by atoms with Crippen LogP contribution in [-0.4, -0.2) is 33.4 Å². The van der Waals surface area contributed by atoms with Crippen LogP contribution in [0.4, 0.5) is 0 Å². The minimum atomic E-state index is -0.481. The molecule has 7 heteroatoms. The highest BCUT2D eigenvalue weighted by Crippen LogP contribution is 2.01. The van der Waals surface area contributed by atoms with Gasteiger partial charge in [0, 0.05) is 18.2 Å². The first-order valence-electron chi connectivity index (χ1n) is 6.09. The molecule has 0 aliphatic rings. The van der Waals surface area contributed by atoms with E-state index in [9.17, 15) is 9.59 Å². The van der Waals surface area contributed by atoms with Gasteiger partial charge >= 0.3 is 0 Å². The van der Waals surface area contributed by atoms with Crippen molar-refractivity contribution in [3.63, 3.8) is 0 Å². The number of nitrogens with zero attached hydrogens (tertiary/aromatic N) is 3. The molecule has 0 radical (unpaired) electrons. The van der Waals surface area contributed by atoms with Crippen LogP contribution in [0.1, 0.15) is 26.4 Å². The summed E-state index contributed by atoms with van der Waals surface area (Å²) in [6, 6.07) is 6.59. The van der Waals surface area contributed by atoms with E-state index in [-0.39, 0.29) is 18.1 Å². The number of carbonyl (C=O) groups excluding carboxylic acids is 2. The molecule has 0 saturated heterocycles. The zero-order valence-corrected chi connectivity index (χ0v) is 11.3. The van der Waals surface area contributed by atoms with Crippen molar-refractivity contribution < 1.29 is 9.59 Å². The summed E-state index contributed by atoms with van der Waals surface area (Å²) in [5, 5.41) is 9.97. The van der Waals surface area contributed by atoms with Crippen molar-refractivity contribution in [1.82, 2.24) is 20.3 Å². The van der Waals surface area contributed by atoms with Gasteiger partial charge in [-0.15, -0.1) is 5.10 Å². The molecule has 2 amide bonds. The number of benzene rings is 1. The number of rotatable bonds is 3. The molecule has 0 bridgehead atoms. The Bertz CT molecular complexity index is 722. The minimum Gasteiger partial charge on any atom is -0.366 e. The Morgan fingerprint density at radius 3 is 2.62 bits per heavy atom. The van der Waals surface area contributed by atoms with Gasteiger partial charge in [-0.1, -0.05) is 17.1 Å². The van der Waals surface area contributed by atoms with E-state index in [2.05, 4.69) is 27.5 Å². The standard InChI is InChI=1S/C14H13N5O2/c1-19-9-12(17-18-19)14(21)16-8-2-3-10-4-6-11(7-5-10)13(15)20/h4-7,9H,8H2,1H3,(H2,15,20)(H,16,21). The second kappa shape index (κ2) is 6.34. The van der Waals surface area contributed by atoms with Crippen molar-refractivity contribution in [3.05, 3.63) is 47.3 Å². The third-order valence-electron chi connectivity index (χ3n) is 2.57. The van der Waals surface area contributed by atoms with E-state index < -0.39 is 5.91 Å². The number of aromatic nitrogens is 3. The SMILES string of the molecule is Cn1cc(C(=O)NCC#Cc2ccc(C(N)=O)cc2)nn1. The Hall–Kier alpha value is -3.14. The lowest BCUT2D eigenvalue weighted by Gasteiger charge is -1.96. The molecular weight excluding hydrogens is 270 g/mol. The Labute approximate surface area is 121 Å². The summed E-state index contributed by atoms with van der Waals surface area (Å²) in [6.07, 6.45) is 1.52. The molecule has 1 aromatic heterocycles. The molecule has 0 aliphatic carbocycles. The second-order valence-corrected chi connectivity index (χ2v) is 4.20. The molecule has 0 saturated carbocycles. The topological polar surface area (TPSA) is 103 Å². The average Bonchev–Trinajstić information content (AvgIpc) is 2.90. The lowest BCUT2D eigenvalue weighted by Crippen LogP contribution is -2.23. The predicted octanol–water partition coefficient (Wildman–Crippen LogP) is -0.305. The maximum absolute atomic E-state index is 11.6. The molecule has 0 atom stereocenters. The predicted molar refractivity (Wildman–Crippen MR) is 75.2 cm³/mol. The van der Waals surface area contributed by atoms with Gasteiger partial charge in [0.15, 0.2) is 5.69 Å². The third kappa shape index (κ3) is 3.91. The quantitative estimate of drug-likeness (QED) is 0.754. The molecule has 106 valence electrons. The zero-order valence-electron chi connectivity index (χ0n) is 11.3. The molecule has 1 heterocycles. The number of nitrogens with one attached hydrogen (secondary N) is 1. The molecule has 2 rings (SSSR count). The summed E-state index contributed by atoms with van der Waals surface area (Å²) in [6.45, 7) is 0.187. The van der Waals surface area contributed by atoms with Gasteiger partial charge in [0.2, 0.25) is 5.91 Å². The van der Waals surface area contributed by atoms with Crippen molar-refractivity contribution in [2.45, 2.75) is 0 Å². The van der Waals surface area contributed by atoms with Crippen LogP contribution < -0.4 is 11.1 Å². The van der Waals surface area contributed by atoms with Gasteiger partial charge in [-0.3, -0.25) is 14.3 Å². The number of nitrogens with two attached hydrogens (primary N) is 1. The van der Waals surface area contributed by atoms with E-state index in [1.807, 2.05) is 0 Å². The highest BCUT2D eigenvalue weighted by atomic mass is 16.2. The van der Waals surface area contributed by atoms with Crippen molar-refractivity contribution in [3.8, 4) is 11.8 Å².